The van der Waals surface area contributed by atoms with Crippen LogP contribution in [0.2, 0.25) is 0 Å². The summed E-state index contributed by atoms with van der Waals surface area (Å²) in [7, 11) is 0. The Balaban J connectivity index is 1.86. The lowest BCUT2D eigenvalue weighted by molar-refractivity contribution is -0.124. The van der Waals surface area contributed by atoms with Gasteiger partial charge in [-0.2, -0.15) is 11.8 Å². The largest absolute Gasteiger partial charge is 0.389 e. The summed E-state index contributed by atoms with van der Waals surface area (Å²) in [6, 6.07) is 7.65. The monoisotopic (exact) mass is 280 g/mol. The zero-order valence-corrected chi connectivity index (χ0v) is 11.7. The molecule has 1 aromatic rings. The summed E-state index contributed by atoms with van der Waals surface area (Å²) in [5, 5.41) is 2.97. The lowest BCUT2D eigenvalue weighted by atomic mass is 10.1. The third-order valence-corrected chi connectivity index (χ3v) is 4.40. The van der Waals surface area contributed by atoms with Gasteiger partial charge in [-0.3, -0.25) is 4.79 Å². The first-order valence-corrected chi connectivity index (χ1v) is 7.47. The SMILES string of the molecule is NC(=S)c1ccc(CNC(=O)C2CCSC2)cc1. The number of carbonyl (C=O) groups excluding carboxylic acids is 1. The van der Waals surface area contributed by atoms with Gasteiger partial charge in [-0.05, 0) is 17.7 Å². The minimum atomic E-state index is 0.165. The molecule has 0 bridgehead atoms. The van der Waals surface area contributed by atoms with E-state index in [1.54, 1.807) is 0 Å². The smallest absolute Gasteiger partial charge is 0.224 e. The van der Waals surface area contributed by atoms with Crippen LogP contribution in [0.25, 0.3) is 0 Å². The Hall–Kier alpha value is -1.07. The summed E-state index contributed by atoms with van der Waals surface area (Å²) in [4.78, 5) is 12.2. The van der Waals surface area contributed by atoms with Crippen molar-refractivity contribution in [3.8, 4) is 0 Å². The molecule has 1 aliphatic heterocycles. The molecule has 1 atom stereocenters. The van der Waals surface area contributed by atoms with E-state index in [2.05, 4.69) is 5.32 Å². The van der Waals surface area contributed by atoms with Gasteiger partial charge in [0.15, 0.2) is 0 Å². The quantitative estimate of drug-likeness (QED) is 0.824. The molecular formula is C13H16N2OS2. The van der Waals surface area contributed by atoms with E-state index in [1.807, 2.05) is 36.0 Å². The topological polar surface area (TPSA) is 55.1 Å². The van der Waals surface area contributed by atoms with Gasteiger partial charge < -0.3 is 11.1 Å². The summed E-state index contributed by atoms with van der Waals surface area (Å²) < 4.78 is 0. The van der Waals surface area contributed by atoms with Gasteiger partial charge >= 0.3 is 0 Å². The van der Waals surface area contributed by atoms with Crippen molar-refractivity contribution in [2.45, 2.75) is 13.0 Å². The fraction of sp³-hybridized carbons (Fsp3) is 0.385. The van der Waals surface area contributed by atoms with E-state index in [0.717, 1.165) is 29.1 Å². The van der Waals surface area contributed by atoms with Crippen molar-refractivity contribution in [2.24, 2.45) is 11.7 Å². The van der Waals surface area contributed by atoms with Crippen molar-refractivity contribution in [3.05, 3.63) is 35.4 Å². The Morgan fingerprint density at radius 1 is 1.44 bits per heavy atom. The number of nitrogens with one attached hydrogen (secondary N) is 1. The lowest BCUT2D eigenvalue weighted by Gasteiger charge is -2.10. The van der Waals surface area contributed by atoms with E-state index in [0.29, 0.717) is 11.5 Å². The molecule has 1 unspecified atom stereocenters. The molecule has 1 heterocycles. The van der Waals surface area contributed by atoms with Crippen molar-refractivity contribution in [3.63, 3.8) is 0 Å². The Morgan fingerprint density at radius 3 is 2.72 bits per heavy atom. The van der Waals surface area contributed by atoms with Crippen LogP contribution in [0.1, 0.15) is 17.5 Å². The number of nitrogens with two attached hydrogens (primary N) is 1. The predicted octanol–water partition coefficient (Wildman–Crippen LogP) is 1.69. The molecule has 1 amide bonds. The Kier molecular flexibility index (Phi) is 4.60. The van der Waals surface area contributed by atoms with Crippen molar-refractivity contribution in [1.82, 2.24) is 5.32 Å². The van der Waals surface area contributed by atoms with E-state index >= 15 is 0 Å². The molecular weight excluding hydrogens is 264 g/mol. The molecule has 0 radical (unpaired) electrons. The maximum Gasteiger partial charge on any atom is 0.224 e. The highest BCUT2D eigenvalue weighted by Crippen LogP contribution is 2.23. The van der Waals surface area contributed by atoms with E-state index in [4.69, 9.17) is 18.0 Å². The summed E-state index contributed by atoms with van der Waals surface area (Å²) >= 11 is 6.74. The molecule has 1 aromatic carbocycles. The highest BCUT2D eigenvalue weighted by atomic mass is 32.2. The molecule has 1 aliphatic rings. The molecule has 1 saturated heterocycles. The molecule has 0 saturated carbocycles. The highest BCUT2D eigenvalue weighted by Gasteiger charge is 2.22. The molecule has 1 fully saturated rings. The Labute approximate surface area is 117 Å². The van der Waals surface area contributed by atoms with E-state index < -0.39 is 0 Å². The van der Waals surface area contributed by atoms with Gasteiger partial charge in [0, 0.05) is 23.8 Å². The van der Waals surface area contributed by atoms with Gasteiger partial charge in [0.2, 0.25) is 5.91 Å². The fourth-order valence-electron chi connectivity index (χ4n) is 1.86. The first kappa shape index (κ1) is 13.4. The van der Waals surface area contributed by atoms with Crippen molar-refractivity contribution >= 4 is 34.9 Å². The third-order valence-electron chi connectivity index (χ3n) is 3.01. The fourth-order valence-corrected chi connectivity index (χ4v) is 3.22. The van der Waals surface area contributed by atoms with Crippen LogP contribution in [0.15, 0.2) is 24.3 Å². The second kappa shape index (κ2) is 6.20. The van der Waals surface area contributed by atoms with Crippen LogP contribution >= 0.6 is 24.0 Å². The molecule has 96 valence electrons. The first-order chi connectivity index (χ1) is 8.66. The molecule has 0 aliphatic carbocycles. The first-order valence-electron chi connectivity index (χ1n) is 5.91. The number of hydrogen-bond donors (Lipinski definition) is 2. The van der Waals surface area contributed by atoms with Gasteiger partial charge in [0.1, 0.15) is 4.99 Å². The van der Waals surface area contributed by atoms with E-state index in [1.165, 1.54) is 0 Å². The second-order valence-corrected chi connectivity index (χ2v) is 5.93. The van der Waals surface area contributed by atoms with Gasteiger partial charge in [-0.15, -0.1) is 0 Å². The summed E-state index contributed by atoms with van der Waals surface area (Å²) in [5.41, 5.74) is 7.45. The summed E-state index contributed by atoms with van der Waals surface area (Å²) in [5.74, 6) is 2.40. The maximum atomic E-state index is 11.8. The molecule has 5 heteroatoms. The Bertz CT molecular complexity index is 439. The van der Waals surface area contributed by atoms with Crippen molar-refractivity contribution in [2.75, 3.05) is 11.5 Å². The molecule has 0 spiro atoms. The molecule has 2 rings (SSSR count). The number of thioether (sulfide) groups is 1. The molecule has 0 aromatic heterocycles. The van der Waals surface area contributed by atoms with Gasteiger partial charge in [0.05, 0.1) is 0 Å². The van der Waals surface area contributed by atoms with Crippen LogP contribution in [0, 0.1) is 5.92 Å². The van der Waals surface area contributed by atoms with Gasteiger partial charge in [-0.25, -0.2) is 0 Å². The number of carbonyl (C=O) groups is 1. The third kappa shape index (κ3) is 3.46. The number of rotatable bonds is 4. The van der Waals surface area contributed by atoms with Gasteiger partial charge in [-0.1, -0.05) is 36.5 Å². The van der Waals surface area contributed by atoms with Gasteiger partial charge in [0.25, 0.3) is 0 Å². The maximum absolute atomic E-state index is 11.8. The minimum absolute atomic E-state index is 0.165. The lowest BCUT2D eigenvalue weighted by Crippen LogP contribution is -2.30. The van der Waals surface area contributed by atoms with Crippen molar-refractivity contribution in [1.29, 1.82) is 0 Å². The molecule has 18 heavy (non-hydrogen) atoms. The normalized spacial score (nSPS) is 18.6. The van der Waals surface area contributed by atoms with E-state index in [9.17, 15) is 4.79 Å². The van der Waals surface area contributed by atoms with Crippen LogP contribution in [0.5, 0.6) is 0 Å². The summed E-state index contributed by atoms with van der Waals surface area (Å²) in [6.07, 6.45) is 0.997. The number of thiocarbonyl (C=S) groups is 1. The van der Waals surface area contributed by atoms with Crippen LogP contribution in [-0.4, -0.2) is 22.4 Å². The van der Waals surface area contributed by atoms with Crippen LogP contribution < -0.4 is 11.1 Å². The standard InChI is InChI=1S/C13H16N2OS2/c14-12(17)10-3-1-9(2-4-10)7-15-13(16)11-5-6-18-8-11/h1-4,11H,5-8H2,(H2,14,17)(H,15,16). The molecule has 3 nitrogen and oxygen atoms in total. The average molecular weight is 280 g/mol. The zero-order chi connectivity index (χ0) is 13.0. The van der Waals surface area contributed by atoms with Crippen LogP contribution in [0.3, 0.4) is 0 Å². The predicted molar refractivity (Wildman–Crippen MR) is 79.6 cm³/mol. The Morgan fingerprint density at radius 2 is 2.17 bits per heavy atom. The van der Waals surface area contributed by atoms with Crippen molar-refractivity contribution < 1.29 is 4.79 Å². The number of amides is 1. The second-order valence-electron chi connectivity index (χ2n) is 4.34. The zero-order valence-electron chi connectivity index (χ0n) is 10.0. The molecule has 3 N–H and O–H groups in total. The number of hydrogen-bond acceptors (Lipinski definition) is 3. The minimum Gasteiger partial charge on any atom is -0.389 e. The van der Waals surface area contributed by atoms with E-state index in [-0.39, 0.29) is 11.8 Å². The summed E-state index contributed by atoms with van der Waals surface area (Å²) in [6.45, 7) is 0.567. The van der Waals surface area contributed by atoms with Crippen LogP contribution in [0.4, 0.5) is 0 Å². The number of benzene rings is 1. The highest BCUT2D eigenvalue weighted by molar-refractivity contribution is 7.99. The van der Waals surface area contributed by atoms with Crippen LogP contribution in [-0.2, 0) is 11.3 Å². The average Bonchev–Trinajstić information content (AvgIpc) is 2.90.